The number of hydrogen-bond acceptors (Lipinski definition) is 3. The van der Waals surface area contributed by atoms with Gasteiger partial charge in [-0.1, -0.05) is 42.5 Å². The molecule has 0 fully saturated rings. The van der Waals surface area contributed by atoms with Crippen molar-refractivity contribution < 1.29 is 9.59 Å². The van der Waals surface area contributed by atoms with Crippen molar-refractivity contribution in [3.05, 3.63) is 71.3 Å². The lowest BCUT2D eigenvalue weighted by atomic mass is 10.1. The van der Waals surface area contributed by atoms with Crippen molar-refractivity contribution in [2.24, 2.45) is 0 Å². The maximum Gasteiger partial charge on any atom is 0.185 e. The number of carbonyl (C=O) groups excluding carboxylic acids is 2. The smallest absolute Gasteiger partial charge is 0.185 e. The number of Topliss-reactive ketones (excluding diaryl/α,β-unsaturated/α-hetero) is 1. The number of benzene rings is 2. The number of ketones is 2. The van der Waals surface area contributed by atoms with Crippen LogP contribution in [0.3, 0.4) is 0 Å². The van der Waals surface area contributed by atoms with Gasteiger partial charge in [0, 0.05) is 16.0 Å². The van der Waals surface area contributed by atoms with E-state index in [1.807, 2.05) is 36.6 Å². The van der Waals surface area contributed by atoms with Crippen LogP contribution in [0.5, 0.6) is 0 Å². The molecule has 0 amide bonds. The molecule has 0 spiro atoms. The molecule has 2 nitrogen and oxygen atoms in total. The molecule has 0 aliphatic rings. The summed E-state index contributed by atoms with van der Waals surface area (Å²) in [6.45, 7) is 1.51. The second kappa shape index (κ2) is 7.04. The van der Waals surface area contributed by atoms with Crippen molar-refractivity contribution in [3.8, 4) is 0 Å². The zero-order chi connectivity index (χ0) is 15.2. The molecular formula is C18H16O2S. The normalized spacial score (nSPS) is 10.8. The second-order valence-corrected chi connectivity index (χ2v) is 5.42. The maximum atomic E-state index is 12.1. The maximum absolute atomic E-state index is 12.1. The average Bonchev–Trinajstić information content (AvgIpc) is 2.52. The summed E-state index contributed by atoms with van der Waals surface area (Å²) in [5.74, 6) is -0.0700. The van der Waals surface area contributed by atoms with Gasteiger partial charge < -0.3 is 0 Å². The van der Waals surface area contributed by atoms with E-state index >= 15 is 0 Å². The van der Waals surface area contributed by atoms with Crippen LogP contribution < -0.4 is 0 Å². The number of allylic oxidation sites excluding steroid dienone is 1. The van der Waals surface area contributed by atoms with E-state index in [1.165, 1.54) is 6.92 Å². The minimum Gasteiger partial charge on any atom is -0.295 e. The molecule has 2 aromatic carbocycles. The van der Waals surface area contributed by atoms with Crippen LogP contribution >= 0.6 is 11.8 Å². The molecule has 0 aliphatic heterocycles. The number of carbonyl (C=O) groups is 2. The van der Waals surface area contributed by atoms with Crippen LogP contribution in [0.25, 0.3) is 6.08 Å². The van der Waals surface area contributed by atoms with Crippen LogP contribution in [0, 0.1) is 0 Å². The van der Waals surface area contributed by atoms with Crippen LogP contribution in [0.2, 0.25) is 0 Å². The summed E-state index contributed by atoms with van der Waals surface area (Å²) in [7, 11) is 0. The summed E-state index contributed by atoms with van der Waals surface area (Å²) in [5, 5.41) is 0. The van der Waals surface area contributed by atoms with Crippen LogP contribution in [0.1, 0.15) is 33.2 Å². The molecule has 2 aromatic rings. The highest BCUT2D eigenvalue weighted by atomic mass is 32.2. The molecule has 21 heavy (non-hydrogen) atoms. The largest absolute Gasteiger partial charge is 0.295 e. The van der Waals surface area contributed by atoms with E-state index in [4.69, 9.17) is 0 Å². The van der Waals surface area contributed by atoms with Crippen LogP contribution in [-0.4, -0.2) is 17.8 Å². The highest BCUT2D eigenvalue weighted by Gasteiger charge is 2.04. The van der Waals surface area contributed by atoms with Gasteiger partial charge in [0.05, 0.1) is 0 Å². The van der Waals surface area contributed by atoms with Crippen LogP contribution in [-0.2, 0) is 0 Å². The zero-order valence-electron chi connectivity index (χ0n) is 12.0. The Bertz CT molecular complexity index is 685. The minimum atomic E-state index is -0.0685. The molecule has 0 saturated carbocycles. The Morgan fingerprint density at radius 2 is 1.57 bits per heavy atom. The van der Waals surface area contributed by atoms with Gasteiger partial charge in [0.1, 0.15) is 0 Å². The van der Waals surface area contributed by atoms with E-state index in [0.717, 1.165) is 10.5 Å². The van der Waals surface area contributed by atoms with Crippen molar-refractivity contribution >= 4 is 29.4 Å². The first-order valence-electron chi connectivity index (χ1n) is 6.58. The van der Waals surface area contributed by atoms with Crippen molar-refractivity contribution in [1.82, 2.24) is 0 Å². The first-order valence-corrected chi connectivity index (χ1v) is 7.80. The molecule has 0 saturated heterocycles. The van der Waals surface area contributed by atoms with Crippen molar-refractivity contribution in [1.29, 1.82) is 0 Å². The van der Waals surface area contributed by atoms with E-state index in [0.29, 0.717) is 11.1 Å². The third-order valence-electron chi connectivity index (χ3n) is 3.13. The van der Waals surface area contributed by atoms with Gasteiger partial charge in [0.25, 0.3) is 0 Å². The first-order chi connectivity index (χ1) is 10.1. The predicted octanol–water partition coefficient (Wildman–Crippen LogP) is 4.51. The van der Waals surface area contributed by atoms with Gasteiger partial charge in [0.15, 0.2) is 11.6 Å². The molecule has 0 aromatic heterocycles. The van der Waals surface area contributed by atoms with E-state index in [-0.39, 0.29) is 11.6 Å². The molecule has 0 N–H and O–H groups in total. The molecule has 0 radical (unpaired) electrons. The quantitative estimate of drug-likeness (QED) is 0.462. The third kappa shape index (κ3) is 3.92. The zero-order valence-corrected chi connectivity index (χ0v) is 12.8. The molecule has 2 rings (SSSR count). The monoisotopic (exact) mass is 296 g/mol. The van der Waals surface area contributed by atoms with E-state index < -0.39 is 0 Å². The average molecular weight is 296 g/mol. The fraction of sp³-hybridized carbons (Fsp3) is 0.111. The second-order valence-electron chi connectivity index (χ2n) is 4.57. The van der Waals surface area contributed by atoms with Crippen molar-refractivity contribution in [2.75, 3.05) is 6.26 Å². The lowest BCUT2D eigenvalue weighted by Gasteiger charge is -2.01. The van der Waals surface area contributed by atoms with Crippen LogP contribution in [0.4, 0.5) is 0 Å². The molecule has 0 atom stereocenters. The Hall–Kier alpha value is -2.13. The van der Waals surface area contributed by atoms with Gasteiger partial charge in [-0.15, -0.1) is 11.8 Å². The lowest BCUT2D eigenvalue weighted by molar-refractivity contribution is 0.101. The van der Waals surface area contributed by atoms with Gasteiger partial charge in [-0.2, -0.15) is 0 Å². The Morgan fingerprint density at radius 1 is 0.952 bits per heavy atom. The van der Waals surface area contributed by atoms with Gasteiger partial charge in [-0.3, -0.25) is 9.59 Å². The minimum absolute atomic E-state index is 0.00145. The molecule has 0 heterocycles. The number of thioether (sulfide) groups is 1. The lowest BCUT2D eigenvalue weighted by Crippen LogP contribution is -1.97. The fourth-order valence-corrected chi connectivity index (χ4v) is 2.52. The van der Waals surface area contributed by atoms with E-state index in [9.17, 15) is 9.59 Å². The Labute approximate surface area is 128 Å². The Kier molecular flexibility index (Phi) is 5.12. The first kappa shape index (κ1) is 15.3. The van der Waals surface area contributed by atoms with Gasteiger partial charge in [-0.25, -0.2) is 0 Å². The van der Waals surface area contributed by atoms with Gasteiger partial charge >= 0.3 is 0 Å². The van der Waals surface area contributed by atoms with Crippen LogP contribution in [0.15, 0.2) is 59.5 Å². The highest BCUT2D eigenvalue weighted by molar-refractivity contribution is 7.98. The molecule has 0 aliphatic carbocycles. The third-order valence-corrected chi connectivity index (χ3v) is 3.94. The number of rotatable bonds is 5. The summed E-state index contributed by atoms with van der Waals surface area (Å²) < 4.78 is 0. The topological polar surface area (TPSA) is 34.1 Å². The predicted molar refractivity (Wildman–Crippen MR) is 88.0 cm³/mol. The molecule has 106 valence electrons. The molecular weight excluding hydrogens is 280 g/mol. The highest BCUT2D eigenvalue weighted by Crippen LogP contribution is 2.21. The summed E-state index contributed by atoms with van der Waals surface area (Å²) in [6, 6.07) is 14.7. The van der Waals surface area contributed by atoms with E-state index in [2.05, 4.69) is 0 Å². The molecule has 3 heteroatoms. The Balaban J connectivity index is 2.17. The fourth-order valence-electron chi connectivity index (χ4n) is 1.94. The Morgan fingerprint density at radius 3 is 2.19 bits per heavy atom. The van der Waals surface area contributed by atoms with Crippen molar-refractivity contribution in [2.45, 2.75) is 11.8 Å². The van der Waals surface area contributed by atoms with Gasteiger partial charge in [-0.05, 0) is 37.0 Å². The van der Waals surface area contributed by atoms with E-state index in [1.54, 1.807) is 42.1 Å². The summed E-state index contributed by atoms with van der Waals surface area (Å²) in [5.41, 5.74) is 2.22. The van der Waals surface area contributed by atoms with Crippen molar-refractivity contribution in [3.63, 3.8) is 0 Å². The molecule has 0 bridgehead atoms. The standard InChI is InChI=1S/C18H16O2S/c1-13(19)14-7-9-15(10-8-14)17(20)12-11-16-5-3-4-6-18(16)21-2/h3-12H,1-2H3. The molecule has 0 unspecified atom stereocenters. The summed E-state index contributed by atoms with van der Waals surface area (Å²) in [4.78, 5) is 24.5. The SMILES string of the molecule is CSc1ccccc1C=CC(=O)c1ccc(C(C)=O)cc1. The summed E-state index contributed by atoms with van der Waals surface area (Å²) in [6.07, 6.45) is 5.40. The van der Waals surface area contributed by atoms with Gasteiger partial charge in [0.2, 0.25) is 0 Å². The number of hydrogen-bond donors (Lipinski definition) is 0. The summed E-state index contributed by atoms with van der Waals surface area (Å²) >= 11 is 1.65.